The number of sulfonamides is 1. The summed E-state index contributed by atoms with van der Waals surface area (Å²) in [5, 5.41) is 3.75. The van der Waals surface area contributed by atoms with Crippen LogP contribution in [-0.2, 0) is 10.0 Å². The Labute approximate surface area is 100 Å². The van der Waals surface area contributed by atoms with E-state index >= 15 is 0 Å². The summed E-state index contributed by atoms with van der Waals surface area (Å²) in [7, 11) is -3.38. The average Bonchev–Trinajstić information content (AvgIpc) is 2.57. The molecule has 2 N–H and O–H groups in total. The van der Waals surface area contributed by atoms with Crippen molar-refractivity contribution in [1.29, 1.82) is 0 Å². The van der Waals surface area contributed by atoms with Gasteiger partial charge in [0, 0.05) is 13.1 Å². The van der Waals surface area contributed by atoms with Gasteiger partial charge in [-0.1, -0.05) is 25.2 Å². The van der Waals surface area contributed by atoms with E-state index in [0.29, 0.717) is 21.6 Å². The molecule has 1 aromatic heterocycles. The number of thiazole rings is 1. The zero-order chi connectivity index (χ0) is 12.2. The molecule has 1 heterocycles. The van der Waals surface area contributed by atoms with Crippen molar-refractivity contribution in [1.82, 2.24) is 9.71 Å². The molecule has 0 atom stereocenters. The summed E-state index contributed by atoms with van der Waals surface area (Å²) in [6.07, 6.45) is 0.980. The normalized spacial score (nSPS) is 11.7. The Morgan fingerprint density at radius 2 is 2.06 bits per heavy atom. The van der Waals surface area contributed by atoms with Gasteiger partial charge in [-0.15, -0.1) is 0 Å². The van der Waals surface area contributed by atoms with Crippen LogP contribution < -0.4 is 10.0 Å². The minimum Gasteiger partial charge on any atom is -0.361 e. The fraction of sp³-hybridized carbons (Fsp3) is 0.667. The van der Waals surface area contributed by atoms with Gasteiger partial charge in [0.1, 0.15) is 0 Å². The second-order valence-electron chi connectivity index (χ2n) is 3.32. The van der Waals surface area contributed by atoms with Gasteiger partial charge in [-0.05, 0) is 13.3 Å². The van der Waals surface area contributed by atoms with Crippen molar-refractivity contribution in [3.8, 4) is 0 Å². The van der Waals surface area contributed by atoms with E-state index in [9.17, 15) is 8.42 Å². The molecular weight excluding hydrogens is 246 g/mol. The Morgan fingerprint density at radius 3 is 2.62 bits per heavy atom. The second-order valence-corrected chi connectivity index (χ2v) is 6.28. The van der Waals surface area contributed by atoms with Crippen LogP contribution in [0, 0.1) is 6.92 Å². The Morgan fingerprint density at radius 1 is 1.38 bits per heavy atom. The van der Waals surface area contributed by atoms with Crippen molar-refractivity contribution in [3.05, 3.63) is 5.69 Å². The van der Waals surface area contributed by atoms with Gasteiger partial charge in [0.15, 0.2) is 9.34 Å². The van der Waals surface area contributed by atoms with Gasteiger partial charge >= 0.3 is 0 Å². The third kappa shape index (κ3) is 3.16. The van der Waals surface area contributed by atoms with E-state index < -0.39 is 10.0 Å². The largest absolute Gasteiger partial charge is 0.361 e. The van der Waals surface area contributed by atoms with Crippen LogP contribution in [0.5, 0.6) is 0 Å². The van der Waals surface area contributed by atoms with Crippen molar-refractivity contribution in [2.24, 2.45) is 0 Å². The minimum absolute atomic E-state index is 0.299. The first-order valence-corrected chi connectivity index (χ1v) is 7.52. The number of aromatic nitrogens is 1. The number of anilines is 1. The monoisotopic (exact) mass is 263 g/mol. The zero-order valence-corrected chi connectivity index (χ0v) is 11.3. The van der Waals surface area contributed by atoms with E-state index in [1.807, 2.05) is 6.92 Å². The quantitative estimate of drug-likeness (QED) is 0.817. The van der Waals surface area contributed by atoms with Crippen molar-refractivity contribution >= 4 is 26.5 Å². The lowest BCUT2D eigenvalue weighted by atomic mass is 10.5. The minimum atomic E-state index is -3.38. The average molecular weight is 263 g/mol. The molecule has 0 saturated carbocycles. The summed E-state index contributed by atoms with van der Waals surface area (Å²) >= 11 is 1.17. The molecule has 0 bridgehead atoms. The fourth-order valence-electron chi connectivity index (χ4n) is 1.19. The molecule has 0 aromatic carbocycles. The van der Waals surface area contributed by atoms with Gasteiger partial charge in [0.05, 0.1) is 5.69 Å². The highest BCUT2D eigenvalue weighted by Crippen LogP contribution is 2.26. The first-order chi connectivity index (χ1) is 7.51. The number of aryl methyl sites for hydroxylation is 1. The summed E-state index contributed by atoms with van der Waals surface area (Å²) < 4.78 is 26.3. The lowest BCUT2D eigenvalue weighted by Crippen LogP contribution is -2.22. The van der Waals surface area contributed by atoms with E-state index in [2.05, 4.69) is 15.0 Å². The van der Waals surface area contributed by atoms with Crippen LogP contribution in [0.3, 0.4) is 0 Å². The van der Waals surface area contributed by atoms with Crippen LogP contribution in [0.1, 0.15) is 26.0 Å². The maximum absolute atomic E-state index is 11.8. The lowest BCUT2D eigenvalue weighted by Gasteiger charge is -2.00. The molecule has 92 valence electrons. The molecule has 0 spiro atoms. The molecule has 16 heavy (non-hydrogen) atoms. The number of nitrogens with one attached hydrogen (secondary N) is 2. The van der Waals surface area contributed by atoms with Gasteiger partial charge in [0.2, 0.25) is 0 Å². The lowest BCUT2D eigenvalue weighted by molar-refractivity contribution is 0.585. The summed E-state index contributed by atoms with van der Waals surface area (Å²) in [4.78, 5) is 4.18. The summed E-state index contributed by atoms with van der Waals surface area (Å²) in [5.41, 5.74) is 0.546. The van der Waals surface area contributed by atoms with Crippen LogP contribution in [0.2, 0.25) is 0 Å². The van der Waals surface area contributed by atoms with Crippen LogP contribution in [0.25, 0.3) is 0 Å². The fourth-order valence-corrected chi connectivity index (χ4v) is 3.72. The van der Waals surface area contributed by atoms with Crippen molar-refractivity contribution in [2.75, 3.05) is 18.4 Å². The molecule has 0 saturated heterocycles. The summed E-state index contributed by atoms with van der Waals surface area (Å²) in [6, 6.07) is 0. The van der Waals surface area contributed by atoms with E-state index in [4.69, 9.17) is 0 Å². The molecule has 0 aliphatic carbocycles. The van der Waals surface area contributed by atoms with Crippen LogP contribution in [-0.4, -0.2) is 26.5 Å². The Hall–Kier alpha value is -0.660. The Balaban J connectivity index is 2.93. The van der Waals surface area contributed by atoms with E-state index in [1.54, 1.807) is 13.8 Å². The molecule has 1 rings (SSSR count). The van der Waals surface area contributed by atoms with Crippen LogP contribution >= 0.6 is 11.3 Å². The van der Waals surface area contributed by atoms with E-state index in [0.717, 1.165) is 13.0 Å². The molecule has 0 unspecified atom stereocenters. The third-order valence-electron chi connectivity index (χ3n) is 1.86. The number of hydrogen-bond donors (Lipinski definition) is 2. The molecule has 0 radical (unpaired) electrons. The van der Waals surface area contributed by atoms with Gasteiger partial charge in [-0.25, -0.2) is 18.1 Å². The SMILES string of the molecule is CCCNc1nc(C)c(S(=O)(=O)NCC)s1. The third-order valence-corrected chi connectivity index (χ3v) is 5.13. The maximum Gasteiger partial charge on any atom is 0.251 e. The van der Waals surface area contributed by atoms with Crippen molar-refractivity contribution < 1.29 is 8.42 Å². The molecule has 0 amide bonds. The van der Waals surface area contributed by atoms with E-state index in [-0.39, 0.29) is 0 Å². The zero-order valence-electron chi connectivity index (χ0n) is 9.70. The van der Waals surface area contributed by atoms with Crippen molar-refractivity contribution in [2.45, 2.75) is 31.4 Å². The van der Waals surface area contributed by atoms with Crippen LogP contribution in [0.15, 0.2) is 4.21 Å². The van der Waals surface area contributed by atoms with E-state index in [1.165, 1.54) is 11.3 Å². The second kappa shape index (κ2) is 5.60. The van der Waals surface area contributed by atoms with Gasteiger partial charge in [-0.2, -0.15) is 0 Å². The molecule has 0 aliphatic heterocycles. The van der Waals surface area contributed by atoms with Gasteiger partial charge in [-0.3, -0.25) is 0 Å². The first-order valence-electron chi connectivity index (χ1n) is 5.22. The van der Waals surface area contributed by atoms with Crippen LogP contribution in [0.4, 0.5) is 5.13 Å². The number of hydrogen-bond acceptors (Lipinski definition) is 5. The number of rotatable bonds is 6. The molecule has 7 heteroatoms. The van der Waals surface area contributed by atoms with Gasteiger partial charge < -0.3 is 5.32 Å². The topological polar surface area (TPSA) is 71.1 Å². The predicted molar refractivity (Wildman–Crippen MR) is 66.5 cm³/mol. The molecule has 1 aromatic rings. The summed E-state index contributed by atoms with van der Waals surface area (Å²) in [6.45, 7) is 6.69. The first kappa shape index (κ1) is 13.4. The highest BCUT2D eigenvalue weighted by atomic mass is 32.2. The standard InChI is InChI=1S/C9H17N3O2S2/c1-4-6-10-9-12-7(3)8(15-9)16(13,14)11-5-2/h11H,4-6H2,1-3H3,(H,10,12). The molecule has 0 aliphatic rings. The summed E-state index contributed by atoms with van der Waals surface area (Å²) in [5.74, 6) is 0. The Kier molecular flexibility index (Phi) is 4.69. The maximum atomic E-state index is 11.8. The highest BCUT2D eigenvalue weighted by Gasteiger charge is 2.20. The smallest absolute Gasteiger partial charge is 0.251 e. The van der Waals surface area contributed by atoms with Crippen molar-refractivity contribution in [3.63, 3.8) is 0 Å². The molecular formula is C9H17N3O2S2. The number of nitrogens with zero attached hydrogens (tertiary/aromatic N) is 1. The van der Waals surface area contributed by atoms with Gasteiger partial charge in [0.25, 0.3) is 10.0 Å². The molecule has 5 nitrogen and oxygen atoms in total. The molecule has 0 fully saturated rings. The highest BCUT2D eigenvalue weighted by molar-refractivity contribution is 7.91. The predicted octanol–water partition coefficient (Wildman–Crippen LogP) is 1.57. The Bertz CT molecular complexity index is 440.